The second kappa shape index (κ2) is 7.76. The molecule has 4 heteroatoms. The van der Waals surface area contributed by atoms with Gasteiger partial charge in [-0.15, -0.1) is 11.3 Å². The first-order chi connectivity index (χ1) is 7.77. The van der Waals surface area contributed by atoms with Crippen LogP contribution in [0.25, 0.3) is 0 Å². The zero-order valence-electron chi connectivity index (χ0n) is 10.6. The molecule has 0 atom stereocenters. The van der Waals surface area contributed by atoms with Gasteiger partial charge in [0.15, 0.2) is 0 Å². The van der Waals surface area contributed by atoms with Crippen LogP contribution < -0.4 is 5.32 Å². The molecule has 0 aliphatic carbocycles. The zero-order chi connectivity index (χ0) is 11.8. The lowest BCUT2D eigenvalue weighted by Crippen LogP contribution is -2.27. The SMILES string of the molecule is CCN(CC)CCCNCc1scnc1C. The molecule has 1 heterocycles. The van der Waals surface area contributed by atoms with Crippen LogP contribution in [0.1, 0.15) is 30.8 Å². The lowest BCUT2D eigenvalue weighted by molar-refractivity contribution is 0.298. The topological polar surface area (TPSA) is 28.2 Å². The molecule has 0 aliphatic heterocycles. The molecule has 1 N–H and O–H groups in total. The van der Waals surface area contributed by atoms with Crippen molar-refractivity contribution in [2.45, 2.75) is 33.7 Å². The molecule has 0 bridgehead atoms. The Kier molecular flexibility index (Phi) is 6.61. The van der Waals surface area contributed by atoms with Gasteiger partial charge in [-0.3, -0.25) is 0 Å². The molecular formula is C12H23N3S. The van der Waals surface area contributed by atoms with E-state index in [0.29, 0.717) is 0 Å². The van der Waals surface area contributed by atoms with Gasteiger partial charge in [0, 0.05) is 11.4 Å². The van der Waals surface area contributed by atoms with Crippen molar-refractivity contribution >= 4 is 11.3 Å². The van der Waals surface area contributed by atoms with E-state index in [1.165, 1.54) is 23.5 Å². The Balaban J connectivity index is 2.06. The average Bonchev–Trinajstić information content (AvgIpc) is 2.70. The van der Waals surface area contributed by atoms with Crippen molar-refractivity contribution in [3.8, 4) is 0 Å². The fourth-order valence-corrected chi connectivity index (χ4v) is 2.41. The number of rotatable bonds is 8. The summed E-state index contributed by atoms with van der Waals surface area (Å²) >= 11 is 1.74. The summed E-state index contributed by atoms with van der Waals surface area (Å²) in [5, 5.41) is 3.48. The molecule has 0 fully saturated rings. The van der Waals surface area contributed by atoms with E-state index in [1.807, 2.05) is 5.51 Å². The van der Waals surface area contributed by atoms with Crippen molar-refractivity contribution in [3.63, 3.8) is 0 Å². The third-order valence-electron chi connectivity index (χ3n) is 2.85. The fraction of sp³-hybridized carbons (Fsp3) is 0.750. The van der Waals surface area contributed by atoms with Crippen molar-refractivity contribution in [1.29, 1.82) is 0 Å². The van der Waals surface area contributed by atoms with Crippen molar-refractivity contribution in [3.05, 3.63) is 16.1 Å². The Labute approximate surface area is 103 Å². The van der Waals surface area contributed by atoms with Crippen LogP contribution >= 0.6 is 11.3 Å². The highest BCUT2D eigenvalue weighted by Crippen LogP contribution is 2.10. The summed E-state index contributed by atoms with van der Waals surface area (Å²) < 4.78 is 0. The highest BCUT2D eigenvalue weighted by Gasteiger charge is 2.01. The van der Waals surface area contributed by atoms with Gasteiger partial charge in [0.1, 0.15) is 0 Å². The van der Waals surface area contributed by atoms with Crippen LogP contribution in [0.5, 0.6) is 0 Å². The third-order valence-corrected chi connectivity index (χ3v) is 3.79. The first kappa shape index (κ1) is 13.6. The van der Waals surface area contributed by atoms with Gasteiger partial charge in [-0.05, 0) is 39.5 Å². The molecule has 0 radical (unpaired) electrons. The third kappa shape index (κ3) is 4.60. The average molecular weight is 241 g/mol. The van der Waals surface area contributed by atoms with Crippen LogP contribution in [-0.4, -0.2) is 36.1 Å². The predicted octanol–water partition coefficient (Wildman–Crippen LogP) is 2.27. The summed E-state index contributed by atoms with van der Waals surface area (Å²) in [6, 6.07) is 0. The summed E-state index contributed by atoms with van der Waals surface area (Å²) in [6.45, 7) is 12.1. The number of thiazole rings is 1. The van der Waals surface area contributed by atoms with Crippen LogP contribution in [0.2, 0.25) is 0 Å². The van der Waals surface area contributed by atoms with Gasteiger partial charge in [-0.1, -0.05) is 13.8 Å². The van der Waals surface area contributed by atoms with Gasteiger partial charge in [-0.25, -0.2) is 4.98 Å². The molecule has 0 aromatic carbocycles. The molecule has 16 heavy (non-hydrogen) atoms. The summed E-state index contributed by atoms with van der Waals surface area (Å²) in [5.41, 5.74) is 3.09. The van der Waals surface area contributed by atoms with Gasteiger partial charge >= 0.3 is 0 Å². The molecule has 92 valence electrons. The number of aryl methyl sites for hydroxylation is 1. The minimum absolute atomic E-state index is 0.967. The second-order valence-electron chi connectivity index (χ2n) is 3.92. The highest BCUT2D eigenvalue weighted by atomic mass is 32.1. The van der Waals surface area contributed by atoms with Gasteiger partial charge in [0.25, 0.3) is 0 Å². The van der Waals surface area contributed by atoms with Crippen LogP contribution in [0, 0.1) is 6.92 Å². The fourth-order valence-electron chi connectivity index (χ4n) is 1.67. The molecule has 0 saturated carbocycles. The second-order valence-corrected chi connectivity index (χ2v) is 4.86. The maximum atomic E-state index is 4.24. The number of hydrogen-bond acceptors (Lipinski definition) is 4. The molecule has 1 aromatic rings. The first-order valence-corrected chi connectivity index (χ1v) is 6.97. The van der Waals surface area contributed by atoms with E-state index < -0.39 is 0 Å². The van der Waals surface area contributed by atoms with Gasteiger partial charge in [-0.2, -0.15) is 0 Å². The normalized spacial score (nSPS) is 11.2. The van der Waals surface area contributed by atoms with E-state index in [-0.39, 0.29) is 0 Å². The molecule has 1 rings (SSSR count). The lowest BCUT2D eigenvalue weighted by atomic mass is 10.3. The molecule has 0 amide bonds. The number of nitrogens with one attached hydrogen (secondary N) is 1. The molecular weight excluding hydrogens is 218 g/mol. The monoisotopic (exact) mass is 241 g/mol. The van der Waals surface area contributed by atoms with E-state index in [1.54, 1.807) is 11.3 Å². The zero-order valence-corrected chi connectivity index (χ0v) is 11.4. The molecule has 1 aromatic heterocycles. The minimum Gasteiger partial charge on any atom is -0.312 e. The Bertz CT molecular complexity index is 282. The Morgan fingerprint density at radius 3 is 2.69 bits per heavy atom. The summed E-state index contributed by atoms with van der Waals surface area (Å²) in [4.78, 5) is 8.06. The van der Waals surface area contributed by atoms with Crippen molar-refractivity contribution in [1.82, 2.24) is 15.2 Å². The van der Waals surface area contributed by atoms with Crippen molar-refractivity contribution in [2.24, 2.45) is 0 Å². The Hall–Kier alpha value is -0.450. The van der Waals surface area contributed by atoms with Crippen molar-refractivity contribution in [2.75, 3.05) is 26.2 Å². The van der Waals surface area contributed by atoms with Gasteiger partial charge in [0.2, 0.25) is 0 Å². The minimum atomic E-state index is 0.967. The van der Waals surface area contributed by atoms with Crippen LogP contribution in [0.3, 0.4) is 0 Å². The molecule has 0 spiro atoms. The van der Waals surface area contributed by atoms with Crippen LogP contribution in [0.4, 0.5) is 0 Å². The van der Waals surface area contributed by atoms with E-state index in [9.17, 15) is 0 Å². The quantitative estimate of drug-likeness (QED) is 0.708. The molecule has 0 aliphatic rings. The lowest BCUT2D eigenvalue weighted by Gasteiger charge is -2.17. The van der Waals surface area contributed by atoms with Crippen LogP contribution in [0.15, 0.2) is 5.51 Å². The maximum absolute atomic E-state index is 4.24. The van der Waals surface area contributed by atoms with E-state index in [2.05, 4.69) is 36.0 Å². The van der Waals surface area contributed by atoms with Crippen molar-refractivity contribution < 1.29 is 0 Å². The summed E-state index contributed by atoms with van der Waals surface area (Å²) in [7, 11) is 0. The number of hydrogen-bond donors (Lipinski definition) is 1. The number of nitrogens with zero attached hydrogens (tertiary/aromatic N) is 2. The maximum Gasteiger partial charge on any atom is 0.0798 e. The van der Waals surface area contributed by atoms with Crippen LogP contribution in [-0.2, 0) is 6.54 Å². The predicted molar refractivity (Wildman–Crippen MR) is 71.0 cm³/mol. The van der Waals surface area contributed by atoms with E-state index >= 15 is 0 Å². The summed E-state index contributed by atoms with van der Waals surface area (Å²) in [6.07, 6.45) is 1.22. The Morgan fingerprint density at radius 2 is 2.12 bits per heavy atom. The molecule has 3 nitrogen and oxygen atoms in total. The van der Waals surface area contributed by atoms with Gasteiger partial charge < -0.3 is 10.2 Å². The summed E-state index contributed by atoms with van der Waals surface area (Å²) in [5.74, 6) is 0. The number of aromatic nitrogens is 1. The molecule has 0 unspecified atom stereocenters. The van der Waals surface area contributed by atoms with E-state index in [0.717, 1.165) is 26.2 Å². The first-order valence-electron chi connectivity index (χ1n) is 6.10. The largest absolute Gasteiger partial charge is 0.312 e. The highest BCUT2D eigenvalue weighted by molar-refractivity contribution is 7.09. The standard InChI is InChI=1S/C12H23N3S/c1-4-15(5-2)8-6-7-13-9-12-11(3)14-10-16-12/h10,13H,4-9H2,1-3H3. The Morgan fingerprint density at radius 1 is 1.38 bits per heavy atom. The molecule has 0 saturated heterocycles. The van der Waals surface area contributed by atoms with E-state index in [4.69, 9.17) is 0 Å². The van der Waals surface area contributed by atoms with Gasteiger partial charge in [0.05, 0.1) is 11.2 Å². The smallest absolute Gasteiger partial charge is 0.0798 e.